The minimum atomic E-state index is -3.66. The molecule has 2 N–H and O–H groups in total. The zero-order valence-corrected chi connectivity index (χ0v) is 13.0. The maximum absolute atomic E-state index is 12.6. The number of methoxy groups -OCH3 is 1. The van der Waals surface area contributed by atoms with Crippen LogP contribution in [0.5, 0.6) is 5.75 Å². The van der Waals surface area contributed by atoms with Gasteiger partial charge in [0, 0.05) is 13.1 Å². The lowest BCUT2D eigenvalue weighted by atomic mass is 10.2. The van der Waals surface area contributed by atoms with Crippen LogP contribution in [0.25, 0.3) is 0 Å². The lowest BCUT2D eigenvalue weighted by Gasteiger charge is -2.20. The smallest absolute Gasteiger partial charge is 0.264 e. The van der Waals surface area contributed by atoms with Crippen LogP contribution in [-0.2, 0) is 10.0 Å². The predicted octanol–water partition coefficient (Wildman–Crippen LogP) is 2.41. The molecule has 112 valence electrons. The zero-order chi connectivity index (χ0) is 15.6. The SMILES string of the molecule is COc1cc(S(=O)(=O)N(C)c2ccc(C)cc2)ccc1N. The monoisotopic (exact) mass is 306 g/mol. The van der Waals surface area contributed by atoms with Gasteiger partial charge in [0.2, 0.25) is 0 Å². The van der Waals surface area contributed by atoms with Crippen molar-refractivity contribution in [2.24, 2.45) is 0 Å². The molecule has 5 nitrogen and oxygen atoms in total. The Bertz CT molecular complexity index is 740. The van der Waals surface area contributed by atoms with Crippen LogP contribution < -0.4 is 14.8 Å². The summed E-state index contributed by atoms with van der Waals surface area (Å²) in [6, 6.07) is 11.7. The molecule has 0 aliphatic rings. The van der Waals surface area contributed by atoms with Crippen molar-refractivity contribution in [1.29, 1.82) is 0 Å². The summed E-state index contributed by atoms with van der Waals surface area (Å²) < 4.78 is 31.6. The van der Waals surface area contributed by atoms with Gasteiger partial charge >= 0.3 is 0 Å². The van der Waals surface area contributed by atoms with Gasteiger partial charge in [-0.2, -0.15) is 0 Å². The number of anilines is 2. The molecule has 0 heterocycles. The lowest BCUT2D eigenvalue weighted by molar-refractivity contribution is 0.415. The van der Waals surface area contributed by atoms with Gasteiger partial charge in [-0.05, 0) is 31.2 Å². The van der Waals surface area contributed by atoms with Crippen LogP contribution in [0.1, 0.15) is 5.56 Å². The van der Waals surface area contributed by atoms with Crippen LogP contribution >= 0.6 is 0 Å². The number of sulfonamides is 1. The molecule has 2 rings (SSSR count). The highest BCUT2D eigenvalue weighted by Gasteiger charge is 2.22. The van der Waals surface area contributed by atoms with Gasteiger partial charge in [0.25, 0.3) is 10.0 Å². The van der Waals surface area contributed by atoms with Crippen LogP contribution in [0.15, 0.2) is 47.4 Å². The molecule has 0 amide bonds. The Kier molecular flexibility index (Phi) is 4.09. The summed E-state index contributed by atoms with van der Waals surface area (Å²) in [5, 5.41) is 0. The van der Waals surface area contributed by atoms with E-state index >= 15 is 0 Å². The van der Waals surface area contributed by atoms with Crippen LogP contribution in [0.4, 0.5) is 11.4 Å². The summed E-state index contributed by atoms with van der Waals surface area (Å²) in [4.78, 5) is 0.136. The third-order valence-electron chi connectivity index (χ3n) is 3.26. The number of nitrogens with two attached hydrogens (primary N) is 1. The van der Waals surface area contributed by atoms with Crippen LogP contribution in [0, 0.1) is 6.92 Å². The Hall–Kier alpha value is -2.21. The van der Waals surface area contributed by atoms with Gasteiger partial charge in [-0.15, -0.1) is 0 Å². The van der Waals surface area contributed by atoms with E-state index in [0.29, 0.717) is 17.1 Å². The summed E-state index contributed by atoms with van der Waals surface area (Å²) in [6.45, 7) is 1.95. The molecule has 0 unspecified atom stereocenters. The van der Waals surface area contributed by atoms with E-state index in [2.05, 4.69) is 0 Å². The van der Waals surface area contributed by atoms with E-state index in [0.717, 1.165) is 5.56 Å². The standard InChI is InChI=1S/C15H18N2O3S/c1-11-4-6-12(7-5-11)17(2)21(18,19)13-8-9-14(16)15(10-13)20-3/h4-10H,16H2,1-3H3. The molecule has 21 heavy (non-hydrogen) atoms. The second-order valence-corrected chi connectivity index (χ2v) is 6.68. The highest BCUT2D eigenvalue weighted by atomic mass is 32.2. The van der Waals surface area contributed by atoms with Crippen molar-refractivity contribution in [3.63, 3.8) is 0 Å². The summed E-state index contributed by atoms with van der Waals surface area (Å²) in [5.74, 6) is 0.341. The Labute approximate surface area is 125 Å². The number of aryl methyl sites for hydroxylation is 1. The van der Waals surface area contributed by atoms with E-state index in [1.807, 2.05) is 19.1 Å². The number of nitrogen functional groups attached to an aromatic ring is 1. The zero-order valence-electron chi connectivity index (χ0n) is 12.2. The molecule has 2 aromatic carbocycles. The highest BCUT2D eigenvalue weighted by molar-refractivity contribution is 7.92. The fourth-order valence-corrected chi connectivity index (χ4v) is 3.11. The van der Waals surface area contributed by atoms with Crippen molar-refractivity contribution < 1.29 is 13.2 Å². The molecule has 0 spiro atoms. The van der Waals surface area contributed by atoms with Crippen LogP contribution in [-0.4, -0.2) is 22.6 Å². The Balaban J connectivity index is 2.43. The van der Waals surface area contributed by atoms with Crippen molar-refractivity contribution in [2.75, 3.05) is 24.2 Å². The quantitative estimate of drug-likeness (QED) is 0.880. The van der Waals surface area contributed by atoms with E-state index in [-0.39, 0.29) is 4.90 Å². The molecule has 0 atom stereocenters. The van der Waals surface area contributed by atoms with Crippen molar-refractivity contribution in [3.05, 3.63) is 48.0 Å². The van der Waals surface area contributed by atoms with Gasteiger partial charge in [-0.25, -0.2) is 8.42 Å². The highest BCUT2D eigenvalue weighted by Crippen LogP contribution is 2.28. The van der Waals surface area contributed by atoms with E-state index in [1.165, 1.54) is 36.7 Å². The average molecular weight is 306 g/mol. The van der Waals surface area contributed by atoms with Crippen molar-refractivity contribution >= 4 is 21.4 Å². The number of hydrogen-bond donors (Lipinski definition) is 1. The van der Waals surface area contributed by atoms with Gasteiger partial charge in [-0.1, -0.05) is 17.7 Å². The topological polar surface area (TPSA) is 72.6 Å². The maximum Gasteiger partial charge on any atom is 0.264 e. The molecule has 0 aliphatic carbocycles. The normalized spacial score (nSPS) is 11.2. The van der Waals surface area contributed by atoms with Crippen molar-refractivity contribution in [1.82, 2.24) is 0 Å². The van der Waals surface area contributed by atoms with E-state index < -0.39 is 10.0 Å². The van der Waals surface area contributed by atoms with Gasteiger partial charge in [0.1, 0.15) is 5.75 Å². The second kappa shape index (κ2) is 5.65. The summed E-state index contributed by atoms with van der Waals surface area (Å²) in [6.07, 6.45) is 0. The fourth-order valence-electron chi connectivity index (χ4n) is 1.90. The first-order chi connectivity index (χ1) is 9.86. The Morgan fingerprint density at radius 2 is 1.71 bits per heavy atom. The largest absolute Gasteiger partial charge is 0.495 e. The second-order valence-electron chi connectivity index (χ2n) is 4.71. The first-order valence-electron chi connectivity index (χ1n) is 6.35. The third kappa shape index (κ3) is 2.95. The van der Waals surface area contributed by atoms with Crippen LogP contribution in [0.2, 0.25) is 0 Å². The first kappa shape index (κ1) is 15.2. The maximum atomic E-state index is 12.6. The summed E-state index contributed by atoms with van der Waals surface area (Å²) in [7, 11) is -0.690. The van der Waals surface area contributed by atoms with E-state index in [1.54, 1.807) is 12.1 Å². The molecule has 0 saturated heterocycles. The molecule has 0 aromatic heterocycles. The third-order valence-corrected chi connectivity index (χ3v) is 5.04. The molecule has 0 radical (unpaired) electrons. The molecule has 0 bridgehead atoms. The van der Waals surface area contributed by atoms with Gasteiger partial charge < -0.3 is 10.5 Å². The van der Waals surface area contributed by atoms with Crippen LogP contribution in [0.3, 0.4) is 0 Å². The summed E-state index contributed by atoms with van der Waals surface area (Å²) in [5.41, 5.74) is 7.77. The molecule has 0 fully saturated rings. The minimum absolute atomic E-state index is 0.136. The fraction of sp³-hybridized carbons (Fsp3) is 0.200. The molecular weight excluding hydrogens is 288 g/mol. The number of nitrogens with zero attached hydrogens (tertiary/aromatic N) is 1. The Morgan fingerprint density at radius 1 is 1.10 bits per heavy atom. The van der Waals surface area contributed by atoms with E-state index in [4.69, 9.17) is 10.5 Å². The van der Waals surface area contributed by atoms with Crippen molar-refractivity contribution in [3.8, 4) is 5.75 Å². The molecule has 0 aliphatic heterocycles. The van der Waals surface area contributed by atoms with Crippen molar-refractivity contribution in [2.45, 2.75) is 11.8 Å². The summed E-state index contributed by atoms with van der Waals surface area (Å²) >= 11 is 0. The minimum Gasteiger partial charge on any atom is -0.495 e. The lowest BCUT2D eigenvalue weighted by Crippen LogP contribution is -2.26. The van der Waals surface area contributed by atoms with Gasteiger partial charge in [0.05, 0.1) is 23.4 Å². The molecular formula is C15H18N2O3S. The van der Waals surface area contributed by atoms with E-state index in [9.17, 15) is 8.42 Å². The average Bonchev–Trinajstić information content (AvgIpc) is 2.47. The molecule has 2 aromatic rings. The van der Waals surface area contributed by atoms with Gasteiger partial charge in [-0.3, -0.25) is 4.31 Å². The number of ether oxygens (including phenoxy) is 1. The first-order valence-corrected chi connectivity index (χ1v) is 7.79. The number of benzene rings is 2. The number of rotatable bonds is 4. The molecule has 0 saturated carbocycles. The number of hydrogen-bond acceptors (Lipinski definition) is 4. The molecule has 6 heteroatoms. The van der Waals surface area contributed by atoms with Gasteiger partial charge in [0.15, 0.2) is 0 Å². The Morgan fingerprint density at radius 3 is 2.29 bits per heavy atom. The predicted molar refractivity (Wildman–Crippen MR) is 84.2 cm³/mol.